The summed E-state index contributed by atoms with van der Waals surface area (Å²) in [6.45, 7) is -0.511. The van der Waals surface area contributed by atoms with Crippen LogP contribution in [0.1, 0.15) is 36.8 Å². The topological polar surface area (TPSA) is 96.3 Å². The third-order valence-corrected chi connectivity index (χ3v) is 9.44. The summed E-state index contributed by atoms with van der Waals surface area (Å²) in [6, 6.07) is 11.2. The minimum absolute atomic E-state index is 0.0280. The van der Waals surface area contributed by atoms with Crippen molar-refractivity contribution in [2.45, 2.75) is 60.3 Å². The minimum atomic E-state index is -4.68. The molecule has 1 N–H and O–H groups in total. The number of halogens is 5. The van der Waals surface area contributed by atoms with E-state index in [-0.39, 0.29) is 33.3 Å². The molecule has 0 spiro atoms. The van der Waals surface area contributed by atoms with Gasteiger partial charge >= 0.3 is 6.18 Å². The molecule has 2 aromatic rings. The first-order valence-corrected chi connectivity index (χ1v) is 13.4. The van der Waals surface area contributed by atoms with E-state index in [0.29, 0.717) is 12.8 Å². The molecular weight excluding hydrogens is 540 g/mol. The van der Waals surface area contributed by atoms with Crippen LogP contribution in [0.2, 0.25) is 10.0 Å². The highest BCUT2D eigenvalue weighted by atomic mass is 35.5. The Hall–Kier alpha value is -2.32. The summed E-state index contributed by atoms with van der Waals surface area (Å²) < 4.78 is 73.0. The molecule has 2 saturated carbocycles. The molecule has 0 bridgehead atoms. The van der Waals surface area contributed by atoms with Crippen molar-refractivity contribution in [1.82, 2.24) is 5.32 Å². The molecule has 0 saturated heterocycles. The number of amides is 1. The number of nitriles is 1. The second kappa shape index (κ2) is 9.86. The summed E-state index contributed by atoms with van der Waals surface area (Å²) >= 11 is 11.8. The van der Waals surface area contributed by atoms with Gasteiger partial charge in [-0.1, -0.05) is 41.4 Å². The van der Waals surface area contributed by atoms with Crippen molar-refractivity contribution in [3.8, 4) is 6.07 Å². The number of nitrogens with zero attached hydrogens (tertiary/aromatic N) is 1. The molecule has 12 heteroatoms. The molecule has 0 radical (unpaired) electrons. The maximum absolute atomic E-state index is 13.5. The standard InChI is InChI=1S/C24H21Cl2F3N2O4S/c25-15-6-5-14(18(9-15)24(27,28)29)12-35-20-11-16(36(33,34)21-4-2-1-3-19(21)26)10-17(20)22(32)31-23(13-30)7-8-23/h1-6,9,16-17,20H,7-8,10-12H2,(H,31,32)/t16-,17-,20-/m0/s1. The average molecular weight is 561 g/mol. The number of nitrogens with one attached hydrogen (secondary N) is 1. The number of ether oxygens (including phenoxy) is 1. The average Bonchev–Trinajstić information content (AvgIpc) is 3.44. The molecule has 2 aromatic carbocycles. The number of carbonyl (C=O) groups is 1. The van der Waals surface area contributed by atoms with Crippen LogP contribution in [0.15, 0.2) is 47.4 Å². The van der Waals surface area contributed by atoms with E-state index in [9.17, 15) is 31.6 Å². The summed E-state index contributed by atoms with van der Waals surface area (Å²) in [6.07, 6.45) is -5.00. The van der Waals surface area contributed by atoms with Gasteiger partial charge in [-0.05, 0) is 55.5 Å². The largest absolute Gasteiger partial charge is 0.416 e. The van der Waals surface area contributed by atoms with Gasteiger partial charge in [0.05, 0.1) is 45.4 Å². The van der Waals surface area contributed by atoms with E-state index in [2.05, 4.69) is 5.32 Å². The maximum atomic E-state index is 13.5. The molecule has 192 valence electrons. The van der Waals surface area contributed by atoms with Gasteiger partial charge in [0, 0.05) is 5.02 Å². The molecule has 0 heterocycles. The molecule has 0 aromatic heterocycles. The van der Waals surface area contributed by atoms with Crippen LogP contribution in [0.3, 0.4) is 0 Å². The molecular formula is C24H21Cl2F3N2O4S. The van der Waals surface area contributed by atoms with E-state index in [1.807, 2.05) is 6.07 Å². The lowest BCUT2D eigenvalue weighted by atomic mass is 10.0. The lowest BCUT2D eigenvalue weighted by Gasteiger charge is -2.22. The number of hydrogen-bond donors (Lipinski definition) is 1. The fraction of sp³-hybridized carbons (Fsp3) is 0.417. The summed E-state index contributed by atoms with van der Waals surface area (Å²) in [5.41, 5.74) is -2.17. The van der Waals surface area contributed by atoms with Crippen LogP contribution >= 0.6 is 23.2 Å². The maximum Gasteiger partial charge on any atom is 0.416 e. The molecule has 0 aliphatic heterocycles. The summed E-state index contributed by atoms with van der Waals surface area (Å²) in [5, 5.41) is 10.9. The first-order valence-electron chi connectivity index (χ1n) is 11.1. The van der Waals surface area contributed by atoms with Crippen molar-refractivity contribution < 1.29 is 31.1 Å². The van der Waals surface area contributed by atoms with Crippen molar-refractivity contribution in [2.75, 3.05) is 0 Å². The predicted molar refractivity (Wildman–Crippen MR) is 126 cm³/mol. The van der Waals surface area contributed by atoms with Crippen LogP contribution in [0, 0.1) is 17.2 Å². The van der Waals surface area contributed by atoms with Gasteiger partial charge in [-0.25, -0.2) is 8.42 Å². The fourth-order valence-electron chi connectivity index (χ4n) is 4.38. The third kappa shape index (κ3) is 5.49. The quantitative estimate of drug-likeness (QED) is 0.494. The van der Waals surface area contributed by atoms with Crippen molar-refractivity contribution in [1.29, 1.82) is 5.26 Å². The molecule has 2 fully saturated rings. The van der Waals surface area contributed by atoms with Gasteiger partial charge in [0.15, 0.2) is 9.84 Å². The van der Waals surface area contributed by atoms with Crippen LogP contribution in [-0.2, 0) is 32.2 Å². The highest BCUT2D eigenvalue weighted by Gasteiger charge is 2.50. The monoisotopic (exact) mass is 560 g/mol. The number of benzene rings is 2. The molecule has 1 amide bonds. The fourth-order valence-corrected chi connectivity index (χ4v) is 6.88. The lowest BCUT2D eigenvalue weighted by Crippen LogP contribution is -2.42. The molecule has 6 nitrogen and oxygen atoms in total. The number of rotatable bonds is 7. The van der Waals surface area contributed by atoms with Crippen LogP contribution < -0.4 is 5.32 Å². The van der Waals surface area contributed by atoms with E-state index in [1.54, 1.807) is 6.07 Å². The van der Waals surface area contributed by atoms with E-state index in [1.165, 1.54) is 30.3 Å². The highest BCUT2D eigenvalue weighted by Crippen LogP contribution is 2.41. The number of carbonyl (C=O) groups excluding carboxylic acids is 1. The summed E-state index contributed by atoms with van der Waals surface area (Å²) in [4.78, 5) is 13.0. The molecule has 2 aliphatic rings. The normalized spacial score (nSPS) is 23.2. The smallest absolute Gasteiger partial charge is 0.373 e. The number of hydrogen-bond acceptors (Lipinski definition) is 5. The Balaban J connectivity index is 1.60. The van der Waals surface area contributed by atoms with Crippen molar-refractivity contribution in [2.24, 2.45) is 5.92 Å². The summed E-state index contributed by atoms with van der Waals surface area (Å²) in [7, 11) is -3.98. The molecule has 36 heavy (non-hydrogen) atoms. The third-order valence-electron chi connectivity index (χ3n) is 6.54. The van der Waals surface area contributed by atoms with Gasteiger partial charge in [0.25, 0.3) is 0 Å². The first-order chi connectivity index (χ1) is 16.9. The predicted octanol–water partition coefficient (Wildman–Crippen LogP) is 5.32. The number of alkyl halides is 3. The van der Waals surface area contributed by atoms with Crippen LogP contribution in [-0.4, -0.2) is 31.2 Å². The zero-order chi connectivity index (χ0) is 26.3. The van der Waals surface area contributed by atoms with Crippen LogP contribution in [0.25, 0.3) is 0 Å². The van der Waals surface area contributed by atoms with Gasteiger partial charge in [0.2, 0.25) is 5.91 Å². The van der Waals surface area contributed by atoms with E-state index in [0.717, 1.165) is 6.07 Å². The Morgan fingerprint density at radius 1 is 1.17 bits per heavy atom. The van der Waals surface area contributed by atoms with Gasteiger partial charge < -0.3 is 10.1 Å². The Morgan fingerprint density at radius 3 is 2.47 bits per heavy atom. The van der Waals surface area contributed by atoms with Gasteiger partial charge in [0.1, 0.15) is 5.54 Å². The van der Waals surface area contributed by atoms with Crippen molar-refractivity contribution in [3.63, 3.8) is 0 Å². The van der Waals surface area contributed by atoms with Crippen molar-refractivity contribution >= 4 is 38.9 Å². The van der Waals surface area contributed by atoms with Crippen LogP contribution in [0.5, 0.6) is 0 Å². The molecule has 0 unspecified atom stereocenters. The van der Waals surface area contributed by atoms with Gasteiger partial charge in [-0.3, -0.25) is 4.79 Å². The number of sulfone groups is 1. The van der Waals surface area contributed by atoms with Gasteiger partial charge in [-0.2, -0.15) is 18.4 Å². The first kappa shape index (κ1) is 26.7. The van der Waals surface area contributed by atoms with E-state index in [4.69, 9.17) is 27.9 Å². The second-order valence-electron chi connectivity index (χ2n) is 9.01. The lowest BCUT2D eigenvalue weighted by molar-refractivity contribution is -0.140. The Kier molecular flexibility index (Phi) is 7.32. The zero-order valence-electron chi connectivity index (χ0n) is 18.7. The Labute approximate surface area is 216 Å². The molecule has 2 aliphatic carbocycles. The van der Waals surface area contributed by atoms with E-state index >= 15 is 0 Å². The minimum Gasteiger partial charge on any atom is -0.373 e. The second-order valence-corrected chi connectivity index (χ2v) is 12.0. The van der Waals surface area contributed by atoms with E-state index < -0.39 is 56.9 Å². The van der Waals surface area contributed by atoms with Crippen LogP contribution in [0.4, 0.5) is 13.2 Å². The highest BCUT2D eigenvalue weighted by molar-refractivity contribution is 7.92. The zero-order valence-corrected chi connectivity index (χ0v) is 21.0. The van der Waals surface area contributed by atoms with Gasteiger partial charge in [-0.15, -0.1) is 0 Å². The SMILES string of the molecule is N#CC1(NC(=O)[C@H]2C[C@H](S(=O)(=O)c3ccccc3Cl)C[C@@H]2OCc2ccc(Cl)cc2C(F)(F)F)CC1. The summed E-state index contributed by atoms with van der Waals surface area (Å²) in [5.74, 6) is -1.55. The Morgan fingerprint density at radius 2 is 1.86 bits per heavy atom. The Bertz CT molecular complexity index is 1320. The molecule has 4 rings (SSSR count). The molecule has 3 atom stereocenters. The van der Waals surface area contributed by atoms with Crippen molar-refractivity contribution in [3.05, 3.63) is 63.6 Å².